The van der Waals surface area contributed by atoms with Crippen LogP contribution in [-0.2, 0) is 5.41 Å². The Balaban J connectivity index is 2.85. The lowest BCUT2D eigenvalue weighted by atomic mass is 9.80. The first-order valence-corrected chi connectivity index (χ1v) is 6.04. The van der Waals surface area contributed by atoms with Crippen molar-refractivity contribution in [3.63, 3.8) is 0 Å². The van der Waals surface area contributed by atoms with E-state index in [0.717, 1.165) is 25.3 Å². The Morgan fingerprint density at radius 2 is 1.81 bits per heavy atom. The highest BCUT2D eigenvalue weighted by molar-refractivity contribution is 5.32. The van der Waals surface area contributed by atoms with E-state index in [-0.39, 0.29) is 5.41 Å². The molecule has 16 heavy (non-hydrogen) atoms. The Labute approximate surface area is 99.0 Å². The second-order valence-corrected chi connectivity index (χ2v) is 4.40. The van der Waals surface area contributed by atoms with Crippen molar-refractivity contribution >= 4 is 0 Å². The molecule has 2 heteroatoms. The second kappa shape index (κ2) is 5.90. The molecular weight excluding hydrogens is 198 g/mol. The van der Waals surface area contributed by atoms with Crippen LogP contribution in [-0.4, -0.2) is 20.2 Å². The lowest BCUT2D eigenvalue weighted by Gasteiger charge is -2.28. The molecule has 1 aromatic rings. The van der Waals surface area contributed by atoms with E-state index in [1.165, 1.54) is 5.56 Å². The third-order valence-corrected chi connectivity index (χ3v) is 3.21. The summed E-state index contributed by atoms with van der Waals surface area (Å²) in [5.74, 6) is 0.953. The van der Waals surface area contributed by atoms with Crippen molar-refractivity contribution in [1.82, 2.24) is 5.32 Å². The van der Waals surface area contributed by atoms with Crippen LogP contribution in [0.15, 0.2) is 24.3 Å². The molecule has 0 spiro atoms. The van der Waals surface area contributed by atoms with Crippen LogP contribution in [0, 0.1) is 0 Å². The first-order chi connectivity index (χ1) is 7.66. The summed E-state index contributed by atoms with van der Waals surface area (Å²) in [6.45, 7) is 8.25. The van der Waals surface area contributed by atoms with E-state index in [9.17, 15) is 0 Å². The standard InChI is InChI=1S/C14H23NO/c1-5-14(3,11-15-4)12-7-9-13(10-8-12)16-6-2/h7-10,15H,5-6,11H2,1-4H3. The van der Waals surface area contributed by atoms with Gasteiger partial charge in [0.1, 0.15) is 5.75 Å². The number of ether oxygens (including phenoxy) is 1. The smallest absolute Gasteiger partial charge is 0.119 e. The minimum absolute atomic E-state index is 0.208. The van der Waals surface area contributed by atoms with Crippen molar-refractivity contribution in [1.29, 1.82) is 0 Å². The van der Waals surface area contributed by atoms with Gasteiger partial charge in [-0.2, -0.15) is 0 Å². The highest BCUT2D eigenvalue weighted by Crippen LogP contribution is 2.28. The number of hydrogen-bond acceptors (Lipinski definition) is 2. The van der Waals surface area contributed by atoms with E-state index in [4.69, 9.17) is 4.74 Å². The Morgan fingerprint density at radius 3 is 2.25 bits per heavy atom. The molecule has 0 heterocycles. The number of nitrogens with one attached hydrogen (secondary N) is 1. The zero-order valence-corrected chi connectivity index (χ0v) is 10.8. The van der Waals surface area contributed by atoms with Gasteiger partial charge in [-0.05, 0) is 38.1 Å². The molecule has 90 valence electrons. The van der Waals surface area contributed by atoms with Gasteiger partial charge < -0.3 is 10.1 Å². The maximum atomic E-state index is 5.45. The van der Waals surface area contributed by atoms with Crippen LogP contribution >= 0.6 is 0 Å². The highest BCUT2D eigenvalue weighted by atomic mass is 16.5. The lowest BCUT2D eigenvalue weighted by Crippen LogP contribution is -2.33. The first kappa shape index (κ1) is 13.0. The van der Waals surface area contributed by atoms with Gasteiger partial charge in [0.25, 0.3) is 0 Å². The summed E-state index contributed by atoms with van der Waals surface area (Å²) < 4.78 is 5.45. The quantitative estimate of drug-likeness (QED) is 0.797. The molecule has 0 radical (unpaired) electrons. The van der Waals surface area contributed by atoms with Crippen LogP contribution in [0.4, 0.5) is 0 Å². The Hall–Kier alpha value is -1.02. The zero-order chi connectivity index (χ0) is 12.0. The van der Waals surface area contributed by atoms with Crippen molar-refractivity contribution in [2.75, 3.05) is 20.2 Å². The second-order valence-electron chi connectivity index (χ2n) is 4.40. The fourth-order valence-electron chi connectivity index (χ4n) is 1.94. The van der Waals surface area contributed by atoms with Gasteiger partial charge in [0.15, 0.2) is 0 Å². The van der Waals surface area contributed by atoms with E-state index in [1.54, 1.807) is 0 Å². The molecule has 0 aliphatic heterocycles. The largest absolute Gasteiger partial charge is 0.494 e. The monoisotopic (exact) mass is 221 g/mol. The number of benzene rings is 1. The molecule has 0 saturated carbocycles. The van der Waals surface area contributed by atoms with Crippen molar-refractivity contribution in [3.8, 4) is 5.75 Å². The van der Waals surface area contributed by atoms with Gasteiger partial charge in [-0.15, -0.1) is 0 Å². The molecule has 0 saturated heterocycles. The van der Waals surface area contributed by atoms with Crippen LogP contribution in [0.3, 0.4) is 0 Å². The lowest BCUT2D eigenvalue weighted by molar-refractivity contribution is 0.339. The highest BCUT2D eigenvalue weighted by Gasteiger charge is 2.23. The summed E-state index contributed by atoms with van der Waals surface area (Å²) in [5, 5.41) is 3.27. The molecule has 0 aliphatic rings. The van der Waals surface area contributed by atoms with Gasteiger partial charge in [-0.3, -0.25) is 0 Å². The van der Waals surface area contributed by atoms with E-state index in [0.29, 0.717) is 0 Å². The molecular formula is C14H23NO. The van der Waals surface area contributed by atoms with Crippen molar-refractivity contribution in [2.45, 2.75) is 32.6 Å². The zero-order valence-electron chi connectivity index (χ0n) is 10.8. The summed E-state index contributed by atoms with van der Waals surface area (Å²) in [5.41, 5.74) is 1.58. The van der Waals surface area contributed by atoms with Gasteiger partial charge >= 0.3 is 0 Å². The number of hydrogen-bond donors (Lipinski definition) is 1. The molecule has 0 bridgehead atoms. The van der Waals surface area contributed by atoms with Gasteiger partial charge in [0, 0.05) is 12.0 Å². The van der Waals surface area contributed by atoms with Crippen molar-refractivity contribution < 1.29 is 4.74 Å². The van der Waals surface area contributed by atoms with Crippen LogP contribution < -0.4 is 10.1 Å². The van der Waals surface area contributed by atoms with E-state index >= 15 is 0 Å². The third kappa shape index (κ3) is 2.99. The fraction of sp³-hybridized carbons (Fsp3) is 0.571. The summed E-state index contributed by atoms with van der Waals surface area (Å²) in [7, 11) is 2.00. The minimum atomic E-state index is 0.208. The third-order valence-electron chi connectivity index (χ3n) is 3.21. The predicted molar refractivity (Wildman–Crippen MR) is 69.2 cm³/mol. The Kier molecular flexibility index (Phi) is 4.81. The Bertz CT molecular complexity index is 307. The maximum Gasteiger partial charge on any atom is 0.119 e. The summed E-state index contributed by atoms with van der Waals surface area (Å²) in [6.07, 6.45) is 1.13. The number of rotatable bonds is 6. The maximum absolute atomic E-state index is 5.45. The summed E-state index contributed by atoms with van der Waals surface area (Å²) in [6, 6.07) is 8.46. The van der Waals surface area contributed by atoms with Crippen LogP contribution in [0.25, 0.3) is 0 Å². The first-order valence-electron chi connectivity index (χ1n) is 6.04. The van der Waals surface area contributed by atoms with Gasteiger partial charge in [-0.25, -0.2) is 0 Å². The van der Waals surface area contributed by atoms with Crippen molar-refractivity contribution in [2.24, 2.45) is 0 Å². The molecule has 1 aromatic carbocycles. The molecule has 1 unspecified atom stereocenters. The molecule has 0 amide bonds. The van der Waals surface area contributed by atoms with Gasteiger partial charge in [-0.1, -0.05) is 26.0 Å². The SMILES string of the molecule is CCOc1ccc(C(C)(CC)CNC)cc1. The van der Waals surface area contributed by atoms with Crippen molar-refractivity contribution in [3.05, 3.63) is 29.8 Å². The van der Waals surface area contributed by atoms with Crippen LogP contribution in [0.5, 0.6) is 5.75 Å². The average molecular weight is 221 g/mol. The molecule has 1 atom stereocenters. The molecule has 0 aromatic heterocycles. The van der Waals surface area contributed by atoms with Gasteiger partial charge in [0.2, 0.25) is 0 Å². The molecule has 1 rings (SSSR count). The fourth-order valence-corrected chi connectivity index (χ4v) is 1.94. The summed E-state index contributed by atoms with van der Waals surface area (Å²) >= 11 is 0. The van der Waals surface area contributed by atoms with Crippen LogP contribution in [0.1, 0.15) is 32.8 Å². The molecule has 0 fully saturated rings. The average Bonchev–Trinajstić information content (AvgIpc) is 2.30. The summed E-state index contributed by atoms with van der Waals surface area (Å²) in [4.78, 5) is 0. The molecule has 1 N–H and O–H groups in total. The topological polar surface area (TPSA) is 21.3 Å². The number of likely N-dealkylation sites (N-methyl/N-ethyl adjacent to an activating group) is 1. The Morgan fingerprint density at radius 1 is 1.19 bits per heavy atom. The van der Waals surface area contributed by atoms with E-state index in [2.05, 4.69) is 43.4 Å². The molecule has 2 nitrogen and oxygen atoms in total. The predicted octanol–water partition coefficient (Wildman–Crippen LogP) is 2.97. The van der Waals surface area contributed by atoms with Gasteiger partial charge in [0.05, 0.1) is 6.61 Å². The van der Waals surface area contributed by atoms with Crippen LogP contribution in [0.2, 0.25) is 0 Å². The normalized spacial score (nSPS) is 14.5. The molecule has 0 aliphatic carbocycles. The van der Waals surface area contributed by atoms with E-state index in [1.807, 2.05) is 14.0 Å². The van der Waals surface area contributed by atoms with E-state index < -0.39 is 0 Å². The minimum Gasteiger partial charge on any atom is -0.494 e.